The minimum atomic E-state index is 0.509. The number of aromatic nitrogens is 2. The Hall–Kier alpha value is -2.01. The lowest BCUT2D eigenvalue weighted by Gasteiger charge is -2.32. The molecule has 3 heterocycles. The summed E-state index contributed by atoms with van der Waals surface area (Å²) in [5, 5.41) is 0. The minimum Gasteiger partial charge on any atom is -0.486 e. The molecule has 2 aromatic rings. The van der Waals surface area contributed by atoms with Crippen molar-refractivity contribution in [1.29, 1.82) is 0 Å². The zero-order valence-corrected chi connectivity index (χ0v) is 13.5. The predicted molar refractivity (Wildman–Crippen MR) is 88.0 cm³/mol. The second-order valence-corrected chi connectivity index (χ2v) is 6.50. The van der Waals surface area contributed by atoms with Crippen molar-refractivity contribution < 1.29 is 9.47 Å². The molecule has 0 amide bonds. The van der Waals surface area contributed by atoms with Gasteiger partial charge in [0.1, 0.15) is 19.0 Å². The number of nitrogens with zero attached hydrogens (tertiary/aromatic N) is 2. The van der Waals surface area contributed by atoms with Gasteiger partial charge in [0, 0.05) is 30.9 Å². The van der Waals surface area contributed by atoms with Crippen molar-refractivity contribution in [2.24, 2.45) is 0 Å². The number of ether oxygens (including phenoxy) is 2. The van der Waals surface area contributed by atoms with E-state index in [4.69, 9.17) is 9.47 Å². The topological polar surface area (TPSA) is 50.4 Å². The van der Waals surface area contributed by atoms with Crippen molar-refractivity contribution in [3.05, 3.63) is 41.5 Å². The maximum absolute atomic E-state index is 5.69. The Morgan fingerprint density at radius 2 is 2.13 bits per heavy atom. The average molecular weight is 313 g/mol. The Bertz CT molecular complexity index is 683. The summed E-state index contributed by atoms with van der Waals surface area (Å²) in [7, 11) is 0. The molecule has 0 aliphatic carbocycles. The molecule has 2 aliphatic rings. The highest BCUT2D eigenvalue weighted by Gasteiger charge is 2.23. The number of nitrogens with one attached hydrogen (secondary N) is 1. The number of piperidine rings is 1. The van der Waals surface area contributed by atoms with Gasteiger partial charge in [0.25, 0.3) is 0 Å². The van der Waals surface area contributed by atoms with Crippen LogP contribution in [0, 0.1) is 6.92 Å². The zero-order chi connectivity index (χ0) is 15.6. The van der Waals surface area contributed by atoms with Crippen LogP contribution in [0.15, 0.2) is 24.4 Å². The maximum Gasteiger partial charge on any atom is 0.161 e. The van der Waals surface area contributed by atoms with Crippen LogP contribution in [0.5, 0.6) is 11.5 Å². The van der Waals surface area contributed by atoms with Gasteiger partial charge < -0.3 is 14.5 Å². The van der Waals surface area contributed by atoms with Gasteiger partial charge in [-0.2, -0.15) is 0 Å². The van der Waals surface area contributed by atoms with E-state index in [1.165, 1.54) is 18.4 Å². The molecule has 1 aromatic heterocycles. The summed E-state index contributed by atoms with van der Waals surface area (Å²) in [6.07, 6.45) is 4.36. The third kappa shape index (κ3) is 3.20. The largest absolute Gasteiger partial charge is 0.486 e. The third-order valence-electron chi connectivity index (χ3n) is 4.63. The highest BCUT2D eigenvalue weighted by molar-refractivity contribution is 5.43. The van der Waals surface area contributed by atoms with Crippen molar-refractivity contribution in [2.75, 3.05) is 26.3 Å². The molecule has 4 rings (SSSR count). The number of hydrogen-bond acceptors (Lipinski definition) is 4. The summed E-state index contributed by atoms with van der Waals surface area (Å²) in [5.74, 6) is 3.38. The first-order valence-electron chi connectivity index (χ1n) is 8.40. The lowest BCUT2D eigenvalue weighted by molar-refractivity contribution is 0.170. The molecular formula is C18H23N3O2. The minimum absolute atomic E-state index is 0.509. The van der Waals surface area contributed by atoms with Gasteiger partial charge in [-0.15, -0.1) is 0 Å². The molecule has 0 spiro atoms. The molecule has 0 saturated carbocycles. The molecule has 1 aromatic carbocycles. The van der Waals surface area contributed by atoms with Gasteiger partial charge in [-0.3, -0.25) is 4.90 Å². The number of likely N-dealkylation sites (tertiary alicyclic amines) is 1. The quantitative estimate of drug-likeness (QED) is 0.946. The lowest BCUT2D eigenvalue weighted by Crippen LogP contribution is -2.34. The lowest BCUT2D eigenvalue weighted by atomic mass is 9.97. The monoisotopic (exact) mass is 313 g/mol. The van der Waals surface area contributed by atoms with E-state index in [1.807, 2.05) is 12.3 Å². The second-order valence-electron chi connectivity index (χ2n) is 6.50. The van der Waals surface area contributed by atoms with Gasteiger partial charge in [-0.1, -0.05) is 6.07 Å². The van der Waals surface area contributed by atoms with Crippen LogP contribution in [0.3, 0.4) is 0 Å². The van der Waals surface area contributed by atoms with Crippen LogP contribution in [0.1, 0.15) is 35.8 Å². The molecule has 5 nitrogen and oxygen atoms in total. The van der Waals surface area contributed by atoms with Gasteiger partial charge in [-0.25, -0.2) is 4.98 Å². The van der Waals surface area contributed by atoms with Crippen LogP contribution in [0.4, 0.5) is 0 Å². The van der Waals surface area contributed by atoms with Crippen molar-refractivity contribution in [1.82, 2.24) is 14.9 Å². The Morgan fingerprint density at radius 3 is 2.96 bits per heavy atom. The molecule has 1 N–H and O–H groups in total. The number of imidazole rings is 1. The summed E-state index contributed by atoms with van der Waals surface area (Å²) in [5.41, 5.74) is 2.43. The smallest absolute Gasteiger partial charge is 0.161 e. The van der Waals surface area contributed by atoms with E-state index in [9.17, 15) is 0 Å². The molecule has 2 aliphatic heterocycles. The molecule has 1 fully saturated rings. The molecule has 0 bridgehead atoms. The fraction of sp³-hybridized carbons (Fsp3) is 0.500. The Labute approximate surface area is 136 Å². The van der Waals surface area contributed by atoms with Gasteiger partial charge >= 0.3 is 0 Å². The van der Waals surface area contributed by atoms with Gasteiger partial charge in [-0.05, 0) is 44.0 Å². The molecule has 0 unspecified atom stereocenters. The van der Waals surface area contributed by atoms with E-state index in [2.05, 4.69) is 33.9 Å². The molecular weight excluding hydrogens is 290 g/mol. The van der Waals surface area contributed by atoms with Crippen LogP contribution < -0.4 is 9.47 Å². The van der Waals surface area contributed by atoms with E-state index in [-0.39, 0.29) is 0 Å². The highest BCUT2D eigenvalue weighted by Crippen LogP contribution is 2.32. The third-order valence-corrected chi connectivity index (χ3v) is 4.63. The molecule has 5 heteroatoms. The van der Waals surface area contributed by atoms with Crippen molar-refractivity contribution in [3.63, 3.8) is 0 Å². The molecule has 1 atom stereocenters. The van der Waals surface area contributed by atoms with Gasteiger partial charge in [0.15, 0.2) is 11.5 Å². The van der Waals surface area contributed by atoms with Crippen LogP contribution >= 0.6 is 0 Å². The number of H-pyrrole nitrogens is 1. The summed E-state index contributed by atoms with van der Waals surface area (Å²) >= 11 is 0. The Kier molecular flexibility index (Phi) is 3.95. The van der Waals surface area contributed by atoms with E-state index >= 15 is 0 Å². The predicted octanol–water partition coefficient (Wildman–Crippen LogP) is 2.87. The Balaban J connectivity index is 1.44. The normalized spacial score (nSPS) is 21.3. The fourth-order valence-electron chi connectivity index (χ4n) is 3.51. The summed E-state index contributed by atoms with van der Waals surface area (Å²) < 4.78 is 11.3. The van der Waals surface area contributed by atoms with Crippen LogP contribution in [-0.2, 0) is 6.54 Å². The van der Waals surface area contributed by atoms with Gasteiger partial charge in [0.2, 0.25) is 0 Å². The van der Waals surface area contributed by atoms with E-state index in [0.717, 1.165) is 42.7 Å². The van der Waals surface area contributed by atoms with Crippen LogP contribution in [0.2, 0.25) is 0 Å². The molecule has 0 radical (unpaired) electrons. The first kappa shape index (κ1) is 14.6. The SMILES string of the molecule is Cc1cnc([C@@H]2CCCN(Cc3ccc4c(c3)OCCO4)C2)[nH]1. The summed E-state index contributed by atoms with van der Waals surface area (Å²) in [4.78, 5) is 10.4. The zero-order valence-electron chi connectivity index (χ0n) is 13.5. The number of fused-ring (bicyclic) bond motifs is 1. The van der Waals surface area contributed by atoms with E-state index in [1.54, 1.807) is 0 Å². The van der Waals surface area contributed by atoms with Crippen LogP contribution in [0.25, 0.3) is 0 Å². The highest BCUT2D eigenvalue weighted by atomic mass is 16.6. The summed E-state index contributed by atoms with van der Waals surface area (Å²) in [6, 6.07) is 6.30. The summed E-state index contributed by atoms with van der Waals surface area (Å²) in [6.45, 7) is 6.49. The first-order chi connectivity index (χ1) is 11.3. The maximum atomic E-state index is 5.69. The number of benzene rings is 1. The fourth-order valence-corrected chi connectivity index (χ4v) is 3.51. The van der Waals surface area contributed by atoms with E-state index in [0.29, 0.717) is 19.1 Å². The molecule has 23 heavy (non-hydrogen) atoms. The van der Waals surface area contributed by atoms with Crippen molar-refractivity contribution in [2.45, 2.75) is 32.2 Å². The van der Waals surface area contributed by atoms with Crippen molar-refractivity contribution in [3.8, 4) is 11.5 Å². The number of aryl methyl sites for hydroxylation is 1. The van der Waals surface area contributed by atoms with Crippen molar-refractivity contribution >= 4 is 0 Å². The number of hydrogen-bond donors (Lipinski definition) is 1. The Morgan fingerprint density at radius 1 is 1.26 bits per heavy atom. The van der Waals surface area contributed by atoms with Crippen LogP contribution in [-0.4, -0.2) is 41.2 Å². The van der Waals surface area contributed by atoms with Gasteiger partial charge in [0.05, 0.1) is 0 Å². The molecule has 1 saturated heterocycles. The average Bonchev–Trinajstić information content (AvgIpc) is 3.02. The number of rotatable bonds is 3. The first-order valence-corrected chi connectivity index (χ1v) is 8.40. The number of aromatic amines is 1. The molecule has 122 valence electrons. The standard InChI is InChI=1S/C18H23N3O2/c1-13-10-19-18(20-13)15-3-2-6-21(12-15)11-14-4-5-16-17(9-14)23-8-7-22-16/h4-5,9-10,15H,2-3,6-8,11-12H2,1H3,(H,19,20)/t15-/m1/s1. The van der Waals surface area contributed by atoms with E-state index < -0.39 is 0 Å². The second kappa shape index (κ2) is 6.24.